The molecule has 43 heavy (non-hydrogen) atoms. The molecule has 2 aliphatic rings. The monoisotopic (exact) mass is 621 g/mol. The van der Waals surface area contributed by atoms with Gasteiger partial charge in [-0.3, -0.25) is 9.78 Å². The van der Waals surface area contributed by atoms with Crippen molar-refractivity contribution >= 4 is 44.1 Å². The smallest absolute Gasteiger partial charge is 0.251 e. The van der Waals surface area contributed by atoms with Crippen molar-refractivity contribution in [3.63, 3.8) is 0 Å². The Labute approximate surface area is 255 Å². The highest BCUT2D eigenvalue weighted by molar-refractivity contribution is 7.91. The molecule has 2 aliphatic heterocycles. The van der Waals surface area contributed by atoms with E-state index in [0.29, 0.717) is 17.6 Å². The molecule has 3 atom stereocenters. The van der Waals surface area contributed by atoms with E-state index in [1.165, 1.54) is 12.1 Å². The maximum Gasteiger partial charge on any atom is 0.251 e. The van der Waals surface area contributed by atoms with Crippen molar-refractivity contribution in [2.24, 2.45) is 0 Å². The molecule has 1 N–H and O–H groups in total. The number of hydrogen-bond donors (Lipinski definition) is 1. The Balaban J connectivity index is 1.21. The first kappa shape index (κ1) is 29.3. The van der Waals surface area contributed by atoms with E-state index >= 15 is 0 Å². The Morgan fingerprint density at radius 3 is 2.58 bits per heavy atom. The predicted molar refractivity (Wildman–Crippen MR) is 164 cm³/mol. The minimum Gasteiger partial charge on any atom is -0.488 e. The standard InChI is InChI=1S/C31H32ClN5O5S/c1-18-9-10-43(39,40)28-12-22(11-24(32)30(28)42-18)31(38)34-15-23-13-27-21(14-33-23)7-8-26(35-27)25-5-4-6-29(36-25)37-16-19(2)41-20(3)17-37/h4-8,11-14,18-20H,9-10,15-17H2,1-3H3,(H,34,38)/t18-,19-,20+/m1/s1. The van der Waals surface area contributed by atoms with Gasteiger partial charge in [-0.2, -0.15) is 0 Å². The first-order valence-electron chi connectivity index (χ1n) is 14.2. The number of carbonyl (C=O) groups excluding carboxylic acids is 1. The van der Waals surface area contributed by atoms with Crippen LogP contribution in [-0.4, -0.2) is 66.4 Å². The normalized spacial score (nSPS) is 21.5. The van der Waals surface area contributed by atoms with Crippen molar-refractivity contribution < 1.29 is 22.7 Å². The third kappa shape index (κ3) is 6.29. The third-order valence-corrected chi connectivity index (χ3v) is 9.55. The minimum absolute atomic E-state index is 0.0645. The summed E-state index contributed by atoms with van der Waals surface area (Å²) < 4.78 is 37.3. The van der Waals surface area contributed by atoms with Gasteiger partial charge in [-0.1, -0.05) is 17.7 Å². The Bertz CT molecular complexity index is 1810. The van der Waals surface area contributed by atoms with Crippen LogP contribution in [0.2, 0.25) is 5.02 Å². The molecular weight excluding hydrogens is 590 g/mol. The Morgan fingerprint density at radius 2 is 1.79 bits per heavy atom. The van der Waals surface area contributed by atoms with Gasteiger partial charge in [-0.15, -0.1) is 0 Å². The zero-order valence-corrected chi connectivity index (χ0v) is 25.7. The molecule has 10 nitrogen and oxygen atoms in total. The maximum atomic E-state index is 13.1. The van der Waals surface area contributed by atoms with E-state index in [1.807, 2.05) is 36.4 Å². The summed E-state index contributed by atoms with van der Waals surface area (Å²) in [5.74, 6) is 0.416. The lowest BCUT2D eigenvalue weighted by Gasteiger charge is -2.36. The molecule has 0 unspecified atom stereocenters. The van der Waals surface area contributed by atoms with E-state index in [1.54, 1.807) is 13.1 Å². The molecule has 0 spiro atoms. The van der Waals surface area contributed by atoms with Gasteiger partial charge in [0.2, 0.25) is 0 Å². The lowest BCUT2D eigenvalue weighted by Crippen LogP contribution is -2.45. The van der Waals surface area contributed by atoms with Crippen molar-refractivity contribution in [1.82, 2.24) is 20.3 Å². The number of rotatable bonds is 5. The summed E-state index contributed by atoms with van der Waals surface area (Å²) in [5, 5.41) is 3.74. The van der Waals surface area contributed by atoms with Gasteiger partial charge in [-0.25, -0.2) is 18.4 Å². The quantitative estimate of drug-likeness (QED) is 0.334. The summed E-state index contributed by atoms with van der Waals surface area (Å²) in [7, 11) is -3.65. The number of hydrogen-bond acceptors (Lipinski definition) is 9. The molecule has 1 amide bonds. The molecule has 0 aliphatic carbocycles. The number of benzene rings is 1. The second-order valence-electron chi connectivity index (χ2n) is 11.1. The predicted octanol–water partition coefficient (Wildman–Crippen LogP) is 4.83. The van der Waals surface area contributed by atoms with Crippen LogP contribution in [0, 0.1) is 0 Å². The molecule has 1 saturated heterocycles. The number of fused-ring (bicyclic) bond motifs is 2. The van der Waals surface area contributed by atoms with Gasteiger partial charge in [0.1, 0.15) is 10.7 Å². The van der Waals surface area contributed by atoms with Crippen molar-refractivity contribution in [3.05, 3.63) is 71.0 Å². The van der Waals surface area contributed by atoms with Gasteiger partial charge in [0, 0.05) is 30.2 Å². The van der Waals surface area contributed by atoms with Crippen LogP contribution in [0.4, 0.5) is 5.82 Å². The second kappa shape index (κ2) is 11.7. The van der Waals surface area contributed by atoms with Gasteiger partial charge in [0.05, 0.1) is 58.2 Å². The molecule has 1 aromatic carbocycles. The van der Waals surface area contributed by atoms with Crippen LogP contribution in [0.3, 0.4) is 0 Å². The number of sulfone groups is 1. The van der Waals surface area contributed by atoms with Crippen LogP contribution in [0.25, 0.3) is 22.3 Å². The fraction of sp³-hybridized carbons (Fsp3) is 0.355. The lowest BCUT2D eigenvalue weighted by molar-refractivity contribution is -0.00545. The average Bonchev–Trinajstić information content (AvgIpc) is 3.10. The molecule has 0 saturated carbocycles. The number of pyridine rings is 3. The fourth-order valence-corrected chi connectivity index (χ4v) is 7.34. The van der Waals surface area contributed by atoms with E-state index in [2.05, 4.69) is 29.0 Å². The van der Waals surface area contributed by atoms with E-state index in [-0.39, 0.29) is 51.8 Å². The third-order valence-electron chi connectivity index (χ3n) is 7.52. The summed E-state index contributed by atoms with van der Waals surface area (Å²) in [6.45, 7) is 7.57. The number of nitrogens with zero attached hydrogens (tertiary/aromatic N) is 4. The van der Waals surface area contributed by atoms with Crippen LogP contribution in [0.15, 0.2) is 59.6 Å². The molecule has 12 heteroatoms. The largest absolute Gasteiger partial charge is 0.488 e. The van der Waals surface area contributed by atoms with Crippen LogP contribution >= 0.6 is 11.6 Å². The molecule has 4 aromatic rings. The van der Waals surface area contributed by atoms with E-state index in [4.69, 9.17) is 31.0 Å². The van der Waals surface area contributed by atoms with Gasteiger partial charge in [0.25, 0.3) is 5.91 Å². The van der Waals surface area contributed by atoms with Crippen LogP contribution in [-0.2, 0) is 21.1 Å². The van der Waals surface area contributed by atoms with Crippen LogP contribution in [0.1, 0.15) is 43.2 Å². The fourth-order valence-electron chi connectivity index (χ4n) is 5.41. The summed E-state index contributed by atoms with van der Waals surface area (Å²) in [6.07, 6.45) is 1.99. The van der Waals surface area contributed by atoms with E-state index in [0.717, 1.165) is 35.7 Å². The first-order valence-corrected chi connectivity index (χ1v) is 16.2. The number of morpholine rings is 1. The number of aromatic nitrogens is 3. The molecule has 1 fully saturated rings. The first-order chi connectivity index (χ1) is 20.6. The average molecular weight is 622 g/mol. The highest BCUT2D eigenvalue weighted by atomic mass is 35.5. The van der Waals surface area contributed by atoms with Crippen LogP contribution in [0.5, 0.6) is 5.75 Å². The zero-order valence-electron chi connectivity index (χ0n) is 24.1. The molecular formula is C31H32ClN5O5S. The number of anilines is 1. The molecule has 5 heterocycles. The Kier molecular flexibility index (Phi) is 7.97. The number of carbonyl (C=O) groups is 1. The SMILES string of the molecule is C[C@@H]1CCS(=O)(=O)c2cc(C(=O)NCc3cc4nc(-c5cccc(N6C[C@@H](C)O[C@@H](C)C6)n5)ccc4cn3)cc(Cl)c2O1. The lowest BCUT2D eigenvalue weighted by atomic mass is 10.1. The van der Waals surface area contributed by atoms with Crippen molar-refractivity contribution in [1.29, 1.82) is 0 Å². The Hall–Kier alpha value is -3.80. The molecule has 0 bridgehead atoms. The van der Waals surface area contributed by atoms with E-state index in [9.17, 15) is 13.2 Å². The maximum absolute atomic E-state index is 13.1. The number of nitrogens with one attached hydrogen (secondary N) is 1. The molecule has 0 radical (unpaired) electrons. The highest BCUT2D eigenvalue weighted by Crippen LogP contribution is 2.37. The number of halogens is 1. The van der Waals surface area contributed by atoms with Crippen molar-refractivity contribution in [2.45, 2.75) is 56.9 Å². The summed E-state index contributed by atoms with van der Waals surface area (Å²) in [4.78, 5) is 29.4. The zero-order chi connectivity index (χ0) is 30.3. The van der Waals surface area contributed by atoms with Gasteiger partial charge < -0.3 is 19.7 Å². The number of amides is 1. The van der Waals surface area contributed by atoms with Crippen LogP contribution < -0.4 is 15.0 Å². The van der Waals surface area contributed by atoms with Gasteiger partial charge in [-0.05, 0) is 69.7 Å². The Morgan fingerprint density at radius 1 is 1.02 bits per heavy atom. The second-order valence-corrected chi connectivity index (χ2v) is 13.6. The molecule has 224 valence electrons. The molecule has 3 aromatic heterocycles. The summed E-state index contributed by atoms with van der Waals surface area (Å²) in [5.41, 5.74) is 2.91. The minimum atomic E-state index is -3.65. The van der Waals surface area contributed by atoms with E-state index < -0.39 is 15.7 Å². The van der Waals surface area contributed by atoms with Crippen molar-refractivity contribution in [2.75, 3.05) is 23.7 Å². The molecule has 6 rings (SSSR count). The van der Waals surface area contributed by atoms with Gasteiger partial charge >= 0.3 is 0 Å². The summed E-state index contributed by atoms with van der Waals surface area (Å²) in [6, 6.07) is 14.3. The van der Waals surface area contributed by atoms with Crippen molar-refractivity contribution in [3.8, 4) is 17.1 Å². The summed E-state index contributed by atoms with van der Waals surface area (Å²) >= 11 is 6.37. The topological polar surface area (TPSA) is 124 Å². The van der Waals surface area contributed by atoms with Gasteiger partial charge in [0.15, 0.2) is 15.6 Å². The highest BCUT2D eigenvalue weighted by Gasteiger charge is 2.30. The number of ether oxygens (including phenoxy) is 2.